The molecule has 3 aromatic heterocycles. The van der Waals surface area contributed by atoms with Crippen molar-refractivity contribution in [2.75, 3.05) is 11.1 Å². The molecule has 36 heavy (non-hydrogen) atoms. The lowest BCUT2D eigenvalue weighted by molar-refractivity contribution is -0.113. The lowest BCUT2D eigenvalue weighted by Crippen LogP contribution is -2.23. The molecule has 0 radical (unpaired) electrons. The van der Waals surface area contributed by atoms with Crippen molar-refractivity contribution in [2.24, 2.45) is 7.05 Å². The molecule has 0 spiro atoms. The van der Waals surface area contributed by atoms with Gasteiger partial charge in [0.25, 0.3) is 11.1 Å². The van der Waals surface area contributed by atoms with Crippen LogP contribution in [0.4, 0.5) is 5.69 Å². The van der Waals surface area contributed by atoms with Crippen molar-refractivity contribution in [2.45, 2.75) is 19.0 Å². The summed E-state index contributed by atoms with van der Waals surface area (Å²) >= 11 is 2.57. The van der Waals surface area contributed by atoms with Crippen LogP contribution in [0.25, 0.3) is 27.0 Å². The summed E-state index contributed by atoms with van der Waals surface area (Å²) in [5, 5.41) is 3.65. The van der Waals surface area contributed by atoms with Gasteiger partial charge in [-0.05, 0) is 31.5 Å². The molecule has 182 valence electrons. The molecule has 3 heterocycles. The van der Waals surface area contributed by atoms with E-state index in [2.05, 4.69) is 15.3 Å². The van der Waals surface area contributed by atoms with Crippen LogP contribution in [0.1, 0.15) is 10.6 Å². The number of aromatic nitrogens is 4. The second-order valence-corrected chi connectivity index (χ2v) is 10.4. The molecular weight excluding hydrogens is 494 g/mol. The summed E-state index contributed by atoms with van der Waals surface area (Å²) in [5.41, 5.74) is 2.87. The van der Waals surface area contributed by atoms with Gasteiger partial charge in [-0.1, -0.05) is 60.3 Å². The number of carbonyl (C=O) groups is 1. The van der Waals surface area contributed by atoms with Crippen LogP contribution in [-0.2, 0) is 11.8 Å². The monoisotopic (exact) mass is 517 g/mol. The predicted molar refractivity (Wildman–Crippen MR) is 146 cm³/mol. The highest BCUT2D eigenvalue weighted by Crippen LogP contribution is 2.35. The molecule has 0 aliphatic carbocycles. The third kappa shape index (κ3) is 4.29. The second kappa shape index (κ2) is 9.63. The SMILES string of the molecule is Cc1sc2nc(SCC(=O)Nc3c(C)n(C)n(-c4ccccc4)c3=O)[nH]c(=O)c2c1-c1ccccc1. The van der Waals surface area contributed by atoms with Crippen molar-refractivity contribution >= 4 is 44.9 Å². The highest BCUT2D eigenvalue weighted by Gasteiger charge is 2.20. The molecule has 2 N–H and O–H groups in total. The third-order valence-corrected chi connectivity index (χ3v) is 7.81. The number of thioether (sulfide) groups is 1. The van der Waals surface area contributed by atoms with Crippen molar-refractivity contribution < 1.29 is 4.79 Å². The number of anilines is 1. The van der Waals surface area contributed by atoms with Gasteiger partial charge in [0.05, 0.1) is 22.5 Å². The molecule has 0 unspecified atom stereocenters. The molecule has 0 atom stereocenters. The summed E-state index contributed by atoms with van der Waals surface area (Å²) in [6, 6.07) is 19.0. The van der Waals surface area contributed by atoms with Crippen LogP contribution in [0.2, 0.25) is 0 Å². The average molecular weight is 518 g/mol. The minimum atomic E-state index is -0.360. The molecule has 0 aliphatic rings. The lowest BCUT2D eigenvalue weighted by Gasteiger charge is -2.07. The topological polar surface area (TPSA) is 102 Å². The maximum Gasteiger partial charge on any atom is 0.295 e. The van der Waals surface area contributed by atoms with E-state index < -0.39 is 0 Å². The molecule has 0 aliphatic heterocycles. The average Bonchev–Trinajstić information content (AvgIpc) is 3.32. The number of hydrogen-bond acceptors (Lipinski definition) is 6. The lowest BCUT2D eigenvalue weighted by atomic mass is 10.0. The Morgan fingerprint density at radius 3 is 2.42 bits per heavy atom. The number of nitrogens with zero attached hydrogens (tertiary/aromatic N) is 3. The van der Waals surface area contributed by atoms with Gasteiger partial charge < -0.3 is 10.3 Å². The Labute approximate surface area is 214 Å². The number of hydrogen-bond donors (Lipinski definition) is 2. The van der Waals surface area contributed by atoms with Crippen LogP contribution >= 0.6 is 23.1 Å². The highest BCUT2D eigenvalue weighted by molar-refractivity contribution is 7.99. The van der Waals surface area contributed by atoms with Crippen LogP contribution < -0.4 is 16.4 Å². The summed E-state index contributed by atoms with van der Waals surface area (Å²) in [7, 11) is 1.77. The molecule has 0 bridgehead atoms. The van der Waals surface area contributed by atoms with Crippen LogP contribution in [-0.4, -0.2) is 31.0 Å². The molecule has 8 nitrogen and oxygen atoms in total. The van der Waals surface area contributed by atoms with Crippen LogP contribution in [0.5, 0.6) is 0 Å². The Bertz CT molecular complexity index is 1700. The van der Waals surface area contributed by atoms with Gasteiger partial charge in [0.1, 0.15) is 10.5 Å². The molecular formula is C26H23N5O3S2. The summed E-state index contributed by atoms with van der Waals surface area (Å²) in [6.07, 6.45) is 0. The molecule has 1 amide bonds. The number of amides is 1. The van der Waals surface area contributed by atoms with E-state index in [-0.39, 0.29) is 28.5 Å². The second-order valence-electron chi connectivity index (χ2n) is 8.22. The minimum Gasteiger partial charge on any atom is -0.319 e. The number of fused-ring (bicyclic) bond motifs is 1. The van der Waals surface area contributed by atoms with Crippen molar-refractivity contribution in [3.63, 3.8) is 0 Å². The smallest absolute Gasteiger partial charge is 0.295 e. The van der Waals surface area contributed by atoms with Crippen molar-refractivity contribution in [1.82, 2.24) is 19.3 Å². The molecule has 0 saturated heterocycles. The largest absolute Gasteiger partial charge is 0.319 e. The maximum absolute atomic E-state index is 13.0. The number of rotatable bonds is 6. The summed E-state index contributed by atoms with van der Waals surface area (Å²) in [5.74, 6) is -0.371. The van der Waals surface area contributed by atoms with E-state index in [1.807, 2.05) is 67.6 Å². The van der Waals surface area contributed by atoms with Gasteiger partial charge in [0, 0.05) is 17.5 Å². The molecule has 0 fully saturated rings. The Morgan fingerprint density at radius 1 is 1.06 bits per heavy atom. The van der Waals surface area contributed by atoms with Gasteiger partial charge in [-0.3, -0.25) is 19.1 Å². The Balaban J connectivity index is 1.36. The van der Waals surface area contributed by atoms with E-state index >= 15 is 0 Å². The Hall–Kier alpha value is -3.89. The van der Waals surface area contributed by atoms with Crippen molar-refractivity contribution in [3.05, 3.63) is 91.9 Å². The molecule has 5 rings (SSSR count). The number of aryl methyl sites for hydroxylation is 1. The number of benzene rings is 2. The van der Waals surface area contributed by atoms with Gasteiger partial charge in [0.15, 0.2) is 5.16 Å². The van der Waals surface area contributed by atoms with Crippen molar-refractivity contribution in [3.8, 4) is 16.8 Å². The fourth-order valence-electron chi connectivity index (χ4n) is 4.14. The first kappa shape index (κ1) is 23.8. The van der Waals surface area contributed by atoms with Gasteiger partial charge in [0.2, 0.25) is 5.91 Å². The zero-order valence-corrected chi connectivity index (χ0v) is 21.5. The van der Waals surface area contributed by atoms with Crippen LogP contribution in [0.15, 0.2) is 75.4 Å². The van der Waals surface area contributed by atoms with Crippen LogP contribution in [0, 0.1) is 13.8 Å². The number of carbonyl (C=O) groups excluding carboxylic acids is 1. The van der Waals surface area contributed by atoms with E-state index in [4.69, 9.17) is 0 Å². The van der Waals surface area contributed by atoms with E-state index in [1.54, 1.807) is 18.7 Å². The first-order valence-electron chi connectivity index (χ1n) is 11.2. The van der Waals surface area contributed by atoms with E-state index in [0.717, 1.165) is 27.8 Å². The third-order valence-electron chi connectivity index (χ3n) is 5.94. The highest BCUT2D eigenvalue weighted by atomic mass is 32.2. The number of para-hydroxylation sites is 1. The standard InChI is InChI=1S/C26H23N5O3S2/c1-15-22(25(34)31(30(15)3)18-12-8-5-9-13-18)27-19(32)14-35-26-28-23(33)21-20(16(2)36-24(21)29-26)17-10-6-4-7-11-17/h4-13H,14H2,1-3H3,(H,27,32)(H,28,29,33). The molecule has 0 saturated carbocycles. The fourth-order valence-corrected chi connectivity index (χ4v) is 5.91. The number of H-pyrrole nitrogens is 1. The van der Waals surface area contributed by atoms with E-state index in [1.165, 1.54) is 16.0 Å². The van der Waals surface area contributed by atoms with Gasteiger partial charge in [-0.25, -0.2) is 9.67 Å². The normalized spacial score (nSPS) is 11.2. The first-order valence-corrected chi connectivity index (χ1v) is 13.0. The zero-order chi connectivity index (χ0) is 25.4. The molecule has 10 heteroatoms. The maximum atomic E-state index is 13.0. The number of nitrogens with one attached hydrogen (secondary N) is 2. The van der Waals surface area contributed by atoms with Crippen LogP contribution in [0.3, 0.4) is 0 Å². The predicted octanol–water partition coefficient (Wildman–Crippen LogP) is 4.49. The van der Waals surface area contributed by atoms with Gasteiger partial charge in [-0.2, -0.15) is 0 Å². The van der Waals surface area contributed by atoms with E-state index in [0.29, 0.717) is 26.8 Å². The summed E-state index contributed by atoms with van der Waals surface area (Å²) < 4.78 is 3.21. The number of aromatic amines is 1. The summed E-state index contributed by atoms with van der Waals surface area (Å²) in [4.78, 5) is 47.7. The number of thiophene rings is 1. The minimum absolute atomic E-state index is 0.0105. The molecule has 2 aromatic carbocycles. The van der Waals surface area contributed by atoms with E-state index in [9.17, 15) is 14.4 Å². The Kier molecular flexibility index (Phi) is 6.38. The first-order chi connectivity index (χ1) is 17.3. The van der Waals surface area contributed by atoms with Gasteiger partial charge in [-0.15, -0.1) is 11.3 Å². The van der Waals surface area contributed by atoms with Gasteiger partial charge >= 0.3 is 0 Å². The quantitative estimate of drug-likeness (QED) is 0.255. The Morgan fingerprint density at radius 2 is 1.72 bits per heavy atom. The van der Waals surface area contributed by atoms with Crippen molar-refractivity contribution in [1.29, 1.82) is 0 Å². The summed E-state index contributed by atoms with van der Waals surface area (Å²) in [6.45, 7) is 3.75. The molecule has 5 aromatic rings. The zero-order valence-electron chi connectivity index (χ0n) is 19.9. The fraction of sp³-hybridized carbons (Fsp3) is 0.154.